The first-order chi connectivity index (χ1) is 4.20. The molecule has 1 unspecified atom stereocenters. The molecule has 0 aromatic rings. The lowest BCUT2D eigenvalue weighted by atomic mass is 10.2. The highest BCUT2D eigenvalue weighted by molar-refractivity contribution is 4.62. The summed E-state index contributed by atoms with van der Waals surface area (Å²) in [5.41, 5.74) is 0. The fourth-order valence-electron chi connectivity index (χ4n) is 0.772. The van der Waals surface area contributed by atoms with Crippen LogP contribution in [0.25, 0.3) is 0 Å². The minimum Gasteiger partial charge on any atom is -0.316 e. The molecule has 0 heterocycles. The van der Waals surface area contributed by atoms with Crippen molar-refractivity contribution in [3.8, 4) is 0 Å². The smallest absolute Gasteiger partial charge is 0.0279 e. The van der Waals surface area contributed by atoms with Gasteiger partial charge in [0, 0.05) is 19.6 Å². The summed E-state index contributed by atoms with van der Waals surface area (Å²) in [6, 6.07) is 0.528. The van der Waals surface area contributed by atoms with Crippen molar-refractivity contribution < 1.29 is 0 Å². The van der Waals surface area contributed by atoms with Crippen molar-refractivity contribution in [3.05, 3.63) is 0 Å². The van der Waals surface area contributed by atoms with Crippen LogP contribution in [0.4, 0.5) is 0 Å². The van der Waals surface area contributed by atoms with E-state index in [1.165, 1.54) is 0 Å². The molecule has 0 aliphatic heterocycles. The maximum absolute atomic E-state index is 5.44. The van der Waals surface area contributed by atoms with Crippen LogP contribution in [0.1, 0.15) is 13.3 Å². The van der Waals surface area contributed by atoms with E-state index >= 15 is 0 Å². The second kappa shape index (κ2) is 4.73. The van der Waals surface area contributed by atoms with Gasteiger partial charge in [-0.1, -0.05) is 6.92 Å². The Bertz CT molecular complexity index is 59.3. The van der Waals surface area contributed by atoms with Crippen molar-refractivity contribution in [1.82, 2.24) is 10.3 Å². The molecule has 0 saturated heterocycles. The van der Waals surface area contributed by atoms with Gasteiger partial charge in [0.05, 0.1) is 0 Å². The first-order valence-corrected chi connectivity index (χ1v) is 3.33. The third-order valence-electron chi connectivity index (χ3n) is 1.41. The van der Waals surface area contributed by atoms with Crippen molar-refractivity contribution in [2.75, 3.05) is 20.6 Å². The highest BCUT2D eigenvalue weighted by Gasteiger charge is 2.02. The van der Waals surface area contributed by atoms with E-state index in [9.17, 15) is 0 Å². The van der Waals surface area contributed by atoms with Crippen LogP contribution in [-0.2, 0) is 0 Å². The molecule has 0 amide bonds. The second-order valence-electron chi connectivity index (χ2n) is 2.33. The van der Waals surface area contributed by atoms with E-state index in [0.717, 1.165) is 13.0 Å². The van der Waals surface area contributed by atoms with E-state index in [0.29, 0.717) is 6.04 Å². The van der Waals surface area contributed by atoms with E-state index in [1.54, 1.807) is 5.01 Å². The average molecular weight is 131 g/mol. The van der Waals surface area contributed by atoms with Crippen LogP contribution in [-0.4, -0.2) is 31.7 Å². The zero-order valence-electron chi connectivity index (χ0n) is 6.52. The number of nitrogens with zero attached hydrogens (tertiary/aromatic N) is 1. The van der Waals surface area contributed by atoms with Crippen LogP contribution >= 0.6 is 0 Å². The van der Waals surface area contributed by atoms with Crippen molar-refractivity contribution >= 4 is 0 Å². The van der Waals surface area contributed by atoms with Crippen molar-refractivity contribution in [2.24, 2.45) is 5.84 Å². The fourth-order valence-corrected chi connectivity index (χ4v) is 0.772. The molecule has 56 valence electrons. The first-order valence-electron chi connectivity index (χ1n) is 3.33. The predicted octanol–water partition coefficient (Wildman–Crippen LogP) is -0.210. The Morgan fingerprint density at radius 1 is 1.67 bits per heavy atom. The van der Waals surface area contributed by atoms with Gasteiger partial charge in [0.2, 0.25) is 0 Å². The summed E-state index contributed by atoms with van der Waals surface area (Å²) >= 11 is 0. The zero-order valence-corrected chi connectivity index (χ0v) is 6.52. The highest BCUT2D eigenvalue weighted by atomic mass is 15.4. The Balaban J connectivity index is 3.31. The summed E-state index contributed by atoms with van der Waals surface area (Å²) in [6.07, 6.45) is 1.12. The molecule has 1 atom stereocenters. The summed E-state index contributed by atoms with van der Waals surface area (Å²) < 4.78 is 0. The van der Waals surface area contributed by atoms with Gasteiger partial charge in [-0.15, -0.1) is 0 Å². The highest BCUT2D eigenvalue weighted by Crippen LogP contribution is 1.88. The molecule has 0 aromatic carbocycles. The van der Waals surface area contributed by atoms with Gasteiger partial charge in [-0.05, 0) is 13.5 Å². The molecule has 3 nitrogen and oxygen atoms in total. The van der Waals surface area contributed by atoms with Crippen LogP contribution in [0.3, 0.4) is 0 Å². The summed E-state index contributed by atoms with van der Waals surface area (Å²) in [5, 5.41) is 4.86. The molecule has 0 spiro atoms. The third kappa shape index (κ3) is 4.39. The number of hydrogen-bond acceptors (Lipinski definition) is 3. The molecular formula is C6H17N3. The molecule has 0 aromatic heterocycles. The van der Waals surface area contributed by atoms with Gasteiger partial charge in [0.25, 0.3) is 0 Å². The maximum Gasteiger partial charge on any atom is 0.0279 e. The normalized spacial score (nSPS) is 14.3. The summed E-state index contributed by atoms with van der Waals surface area (Å²) in [6.45, 7) is 3.05. The Morgan fingerprint density at radius 3 is 2.33 bits per heavy atom. The maximum atomic E-state index is 5.44. The van der Waals surface area contributed by atoms with Gasteiger partial charge in [-0.25, -0.2) is 5.01 Å². The molecule has 0 rings (SSSR count). The minimum atomic E-state index is 0.528. The van der Waals surface area contributed by atoms with Gasteiger partial charge in [0.15, 0.2) is 0 Å². The average Bonchev–Trinajstić information content (AvgIpc) is 1.82. The minimum absolute atomic E-state index is 0.528. The van der Waals surface area contributed by atoms with Crippen LogP contribution in [0.15, 0.2) is 0 Å². The van der Waals surface area contributed by atoms with Gasteiger partial charge < -0.3 is 5.32 Å². The SMILES string of the molecule is CCC(CN(C)N)NC. The van der Waals surface area contributed by atoms with Crippen LogP contribution < -0.4 is 11.2 Å². The molecule has 3 heteroatoms. The Labute approximate surface area is 57.2 Å². The molecule has 0 saturated carbocycles. The van der Waals surface area contributed by atoms with E-state index in [4.69, 9.17) is 5.84 Å². The molecular weight excluding hydrogens is 114 g/mol. The van der Waals surface area contributed by atoms with Gasteiger partial charge in [0.1, 0.15) is 0 Å². The number of nitrogens with one attached hydrogen (secondary N) is 1. The van der Waals surface area contributed by atoms with Crippen LogP contribution in [0.2, 0.25) is 0 Å². The number of nitrogens with two attached hydrogens (primary N) is 1. The van der Waals surface area contributed by atoms with Crippen LogP contribution in [0.5, 0.6) is 0 Å². The van der Waals surface area contributed by atoms with Crippen LogP contribution in [0, 0.1) is 0 Å². The number of likely N-dealkylation sites (N-methyl/N-ethyl adjacent to an activating group) is 2. The van der Waals surface area contributed by atoms with Crippen molar-refractivity contribution in [3.63, 3.8) is 0 Å². The van der Waals surface area contributed by atoms with E-state index < -0.39 is 0 Å². The topological polar surface area (TPSA) is 41.3 Å². The third-order valence-corrected chi connectivity index (χ3v) is 1.41. The Morgan fingerprint density at radius 2 is 2.22 bits per heavy atom. The van der Waals surface area contributed by atoms with Gasteiger partial charge >= 0.3 is 0 Å². The number of hydrogen-bond donors (Lipinski definition) is 2. The quantitative estimate of drug-likeness (QED) is 0.410. The fraction of sp³-hybridized carbons (Fsp3) is 1.00. The molecule has 3 N–H and O–H groups in total. The molecule has 0 radical (unpaired) electrons. The second-order valence-corrected chi connectivity index (χ2v) is 2.33. The van der Waals surface area contributed by atoms with E-state index in [-0.39, 0.29) is 0 Å². The van der Waals surface area contributed by atoms with E-state index in [1.807, 2.05) is 14.1 Å². The predicted molar refractivity (Wildman–Crippen MR) is 40.0 cm³/mol. The lowest BCUT2D eigenvalue weighted by molar-refractivity contribution is 0.300. The first kappa shape index (κ1) is 8.88. The zero-order chi connectivity index (χ0) is 7.28. The summed E-state index contributed by atoms with van der Waals surface area (Å²) in [5.74, 6) is 5.44. The van der Waals surface area contributed by atoms with Crippen molar-refractivity contribution in [1.29, 1.82) is 0 Å². The molecule has 0 fully saturated rings. The molecule has 0 aliphatic carbocycles. The lowest BCUT2D eigenvalue weighted by Crippen LogP contribution is -2.40. The van der Waals surface area contributed by atoms with Gasteiger partial charge in [-0.2, -0.15) is 0 Å². The standard InChI is InChI=1S/C6H17N3/c1-4-6(8-2)5-9(3)7/h6,8H,4-5,7H2,1-3H3. The number of hydrazine groups is 1. The van der Waals surface area contributed by atoms with E-state index in [2.05, 4.69) is 12.2 Å². The Hall–Kier alpha value is -0.120. The molecule has 0 bridgehead atoms. The number of rotatable bonds is 4. The lowest BCUT2D eigenvalue weighted by Gasteiger charge is -2.17. The summed E-state index contributed by atoms with van der Waals surface area (Å²) in [4.78, 5) is 0. The largest absolute Gasteiger partial charge is 0.316 e. The Kier molecular flexibility index (Phi) is 4.67. The molecule has 0 aliphatic rings. The molecule has 9 heavy (non-hydrogen) atoms. The van der Waals surface area contributed by atoms with Crippen molar-refractivity contribution in [2.45, 2.75) is 19.4 Å². The van der Waals surface area contributed by atoms with Gasteiger partial charge in [-0.3, -0.25) is 5.84 Å². The monoisotopic (exact) mass is 131 g/mol. The summed E-state index contributed by atoms with van der Waals surface area (Å²) in [7, 11) is 3.83.